The molecule has 0 amide bonds. The summed E-state index contributed by atoms with van der Waals surface area (Å²) in [5.41, 5.74) is 0.752. The van der Waals surface area contributed by atoms with Crippen LogP contribution in [0.3, 0.4) is 0 Å². The lowest BCUT2D eigenvalue weighted by atomic mass is 9.91. The second kappa shape index (κ2) is 9.12. The Balaban J connectivity index is 1.50. The van der Waals surface area contributed by atoms with Crippen LogP contribution in [0.1, 0.15) is 22.7 Å². The van der Waals surface area contributed by atoms with Crippen molar-refractivity contribution in [2.45, 2.75) is 12.5 Å². The Labute approximate surface area is 205 Å². The van der Waals surface area contributed by atoms with Gasteiger partial charge in [0.2, 0.25) is 18.4 Å². The van der Waals surface area contributed by atoms with Crippen LogP contribution in [0.4, 0.5) is 0 Å². The van der Waals surface area contributed by atoms with Gasteiger partial charge in [-0.25, -0.2) is 9.36 Å². The van der Waals surface area contributed by atoms with Crippen LogP contribution >= 0.6 is 11.6 Å². The Kier molecular flexibility index (Phi) is 6.00. The molecule has 0 aliphatic carbocycles. The van der Waals surface area contributed by atoms with Crippen molar-refractivity contribution >= 4 is 17.8 Å². The van der Waals surface area contributed by atoms with Crippen LogP contribution in [0.2, 0.25) is 5.02 Å². The van der Waals surface area contributed by atoms with Crippen LogP contribution in [-0.4, -0.2) is 59.8 Å². The Morgan fingerprint density at radius 1 is 1.29 bits per heavy atom. The molecule has 2 aromatic carbocycles. The molecule has 5 rings (SSSR count). The van der Waals surface area contributed by atoms with Crippen LogP contribution in [0.15, 0.2) is 44.9 Å². The maximum absolute atomic E-state index is 12.5. The number of rotatable bonds is 5. The molecule has 0 saturated carbocycles. The van der Waals surface area contributed by atoms with E-state index in [1.165, 1.54) is 6.21 Å². The van der Waals surface area contributed by atoms with Gasteiger partial charge >= 0.3 is 5.69 Å². The number of likely N-dealkylation sites (N-methyl/N-ethyl adjacent to an activating group) is 1. The van der Waals surface area contributed by atoms with Gasteiger partial charge in [0.1, 0.15) is 5.56 Å². The number of benzene rings is 2. The van der Waals surface area contributed by atoms with Gasteiger partial charge in [0.15, 0.2) is 11.5 Å². The van der Waals surface area contributed by atoms with Crippen molar-refractivity contribution in [1.29, 1.82) is 0 Å². The zero-order valence-electron chi connectivity index (χ0n) is 19.1. The Morgan fingerprint density at radius 3 is 2.80 bits per heavy atom. The summed E-state index contributed by atoms with van der Waals surface area (Å²) in [4.78, 5) is 33.7. The fraction of sp³-hybridized carbons (Fsp3) is 0.292. The highest BCUT2D eigenvalue weighted by Gasteiger charge is 2.33. The first kappa shape index (κ1) is 23.0. The second-order valence-electron chi connectivity index (χ2n) is 8.27. The van der Waals surface area contributed by atoms with E-state index in [-0.39, 0.29) is 24.9 Å². The fourth-order valence-corrected chi connectivity index (χ4v) is 4.61. The third-order valence-electron chi connectivity index (χ3n) is 6.25. The predicted molar refractivity (Wildman–Crippen MR) is 130 cm³/mol. The van der Waals surface area contributed by atoms with Crippen molar-refractivity contribution in [3.63, 3.8) is 0 Å². The van der Waals surface area contributed by atoms with E-state index in [2.05, 4.69) is 14.9 Å². The summed E-state index contributed by atoms with van der Waals surface area (Å²) in [5, 5.41) is 11.2. The van der Waals surface area contributed by atoms with Crippen LogP contribution < -0.4 is 25.5 Å². The monoisotopic (exact) mass is 498 g/mol. The highest BCUT2D eigenvalue weighted by Crippen LogP contribution is 2.49. The summed E-state index contributed by atoms with van der Waals surface area (Å²) < 4.78 is 17.9. The number of aromatic nitrogens is 2. The van der Waals surface area contributed by atoms with Crippen molar-refractivity contribution in [3.8, 4) is 28.8 Å². The predicted octanol–water partition coefficient (Wildman–Crippen LogP) is 2.27. The SMILES string of the molecule is COc1c2c(cc3c1C(CN=Cc1c(O)n(-c4ccc(Cl)cc4)c(=O)[nH]c1=O)N(C)CC3)OCO2. The van der Waals surface area contributed by atoms with Crippen LogP contribution in [0, 0.1) is 0 Å². The van der Waals surface area contributed by atoms with Gasteiger partial charge in [-0.15, -0.1) is 0 Å². The topological polar surface area (TPSA) is 118 Å². The van der Waals surface area contributed by atoms with Gasteiger partial charge in [-0.05, 0) is 49.4 Å². The van der Waals surface area contributed by atoms with Gasteiger partial charge < -0.3 is 19.3 Å². The molecule has 1 atom stereocenters. The normalized spacial score (nSPS) is 17.1. The highest BCUT2D eigenvalue weighted by molar-refractivity contribution is 6.30. The van der Waals surface area contributed by atoms with Crippen molar-refractivity contribution in [2.24, 2.45) is 4.99 Å². The number of nitrogens with one attached hydrogen (secondary N) is 1. The molecule has 182 valence electrons. The molecule has 3 heterocycles. The minimum absolute atomic E-state index is 0.129. The average molecular weight is 499 g/mol. The molecular formula is C24H23ClN4O6. The maximum atomic E-state index is 12.5. The molecule has 0 bridgehead atoms. The van der Waals surface area contributed by atoms with Crippen LogP contribution in [0.5, 0.6) is 23.1 Å². The van der Waals surface area contributed by atoms with Gasteiger partial charge in [-0.3, -0.25) is 19.7 Å². The molecule has 0 saturated heterocycles. The van der Waals surface area contributed by atoms with E-state index in [4.69, 9.17) is 25.8 Å². The molecule has 1 aromatic heterocycles. The Morgan fingerprint density at radius 2 is 2.06 bits per heavy atom. The van der Waals surface area contributed by atoms with Gasteiger partial charge in [-0.1, -0.05) is 11.6 Å². The zero-order valence-corrected chi connectivity index (χ0v) is 19.8. The summed E-state index contributed by atoms with van der Waals surface area (Å²) in [6, 6.07) is 8.10. The van der Waals surface area contributed by atoms with Gasteiger partial charge in [-0.2, -0.15) is 0 Å². The lowest BCUT2D eigenvalue weighted by molar-refractivity contribution is 0.170. The number of hydrogen-bond acceptors (Lipinski definition) is 8. The van der Waals surface area contributed by atoms with E-state index in [1.807, 2.05) is 13.1 Å². The van der Waals surface area contributed by atoms with Crippen LogP contribution in [0.25, 0.3) is 5.69 Å². The third-order valence-corrected chi connectivity index (χ3v) is 6.50. The Hall–Kier alpha value is -3.76. The number of methoxy groups -OCH3 is 1. The standard InChI is InChI=1S/C24H23ClN4O6/c1-28-8-7-13-9-18-20(35-12-34-18)21(33-2)19(13)17(28)11-26-10-16-22(30)27-24(32)29(23(16)31)15-5-3-14(25)4-6-15/h3-6,9-10,17,31H,7-8,11-12H2,1-2H3,(H,27,30,32). The summed E-state index contributed by atoms with van der Waals surface area (Å²) in [7, 11) is 3.57. The molecule has 2 N–H and O–H groups in total. The van der Waals surface area contributed by atoms with E-state index in [0.717, 1.165) is 28.7 Å². The second-order valence-corrected chi connectivity index (χ2v) is 8.70. The lowest BCUT2D eigenvalue weighted by Gasteiger charge is -2.35. The van der Waals surface area contributed by atoms with Gasteiger partial charge in [0.05, 0.1) is 25.4 Å². The minimum Gasteiger partial charge on any atom is -0.493 e. The molecular weight excluding hydrogens is 476 g/mol. The molecule has 11 heteroatoms. The number of aromatic hydroxyl groups is 1. The van der Waals surface area contributed by atoms with E-state index < -0.39 is 17.1 Å². The summed E-state index contributed by atoms with van der Waals surface area (Å²) in [6.07, 6.45) is 2.09. The molecule has 2 aliphatic rings. The van der Waals surface area contributed by atoms with Gasteiger partial charge in [0.25, 0.3) is 5.56 Å². The number of aromatic amines is 1. The van der Waals surface area contributed by atoms with E-state index in [1.54, 1.807) is 31.4 Å². The number of H-pyrrole nitrogens is 1. The first-order valence-corrected chi connectivity index (χ1v) is 11.3. The molecule has 0 radical (unpaired) electrons. The van der Waals surface area contributed by atoms with Crippen LogP contribution in [-0.2, 0) is 6.42 Å². The molecule has 1 unspecified atom stereocenters. The van der Waals surface area contributed by atoms with Crippen molar-refractivity contribution in [3.05, 3.63) is 72.9 Å². The molecule has 35 heavy (non-hydrogen) atoms. The molecule has 3 aromatic rings. The van der Waals surface area contributed by atoms with Crippen molar-refractivity contribution in [2.75, 3.05) is 34.0 Å². The number of ether oxygens (including phenoxy) is 3. The smallest absolute Gasteiger partial charge is 0.335 e. The largest absolute Gasteiger partial charge is 0.493 e. The first-order chi connectivity index (χ1) is 16.9. The maximum Gasteiger partial charge on any atom is 0.335 e. The number of hydrogen-bond donors (Lipinski definition) is 2. The fourth-order valence-electron chi connectivity index (χ4n) is 4.48. The summed E-state index contributed by atoms with van der Waals surface area (Å²) >= 11 is 5.92. The third kappa shape index (κ3) is 4.04. The number of halogens is 1. The lowest BCUT2D eigenvalue weighted by Crippen LogP contribution is -2.34. The van der Waals surface area contributed by atoms with Crippen molar-refractivity contribution in [1.82, 2.24) is 14.5 Å². The summed E-state index contributed by atoms with van der Waals surface area (Å²) in [6.45, 7) is 1.21. The average Bonchev–Trinajstić information content (AvgIpc) is 3.30. The molecule has 2 aliphatic heterocycles. The van der Waals surface area contributed by atoms with Gasteiger partial charge in [0, 0.05) is 23.3 Å². The highest BCUT2D eigenvalue weighted by atomic mass is 35.5. The Bertz CT molecular complexity index is 1430. The molecule has 0 spiro atoms. The van der Waals surface area contributed by atoms with E-state index in [9.17, 15) is 14.7 Å². The molecule has 10 nitrogen and oxygen atoms in total. The van der Waals surface area contributed by atoms with E-state index in [0.29, 0.717) is 28.0 Å². The number of aliphatic imine (C=N–C) groups is 1. The summed E-state index contributed by atoms with van der Waals surface area (Å²) in [5.74, 6) is 1.33. The van der Waals surface area contributed by atoms with E-state index >= 15 is 0 Å². The number of nitrogens with zero attached hydrogens (tertiary/aromatic N) is 3. The minimum atomic E-state index is -0.770. The first-order valence-electron chi connectivity index (χ1n) is 10.9. The zero-order chi connectivity index (χ0) is 24.7. The molecule has 0 fully saturated rings. The number of fused-ring (bicyclic) bond motifs is 2. The quantitative estimate of drug-likeness (QED) is 0.518. The van der Waals surface area contributed by atoms with Crippen molar-refractivity contribution < 1.29 is 19.3 Å².